The first-order valence-electron chi connectivity index (χ1n) is 4.37. The number of hydrogen-bond acceptors (Lipinski definition) is 3. The lowest BCUT2D eigenvalue weighted by molar-refractivity contribution is -0.133. The molecule has 1 unspecified atom stereocenters. The molecule has 0 aromatic heterocycles. The van der Waals surface area contributed by atoms with E-state index in [-0.39, 0.29) is 11.8 Å². The highest BCUT2D eigenvalue weighted by molar-refractivity contribution is 5.84. The van der Waals surface area contributed by atoms with E-state index in [0.717, 1.165) is 11.3 Å². The van der Waals surface area contributed by atoms with Crippen LogP contribution in [0.15, 0.2) is 24.3 Å². The number of nitrogens with one attached hydrogen (secondary N) is 1. The van der Waals surface area contributed by atoms with Gasteiger partial charge < -0.3 is 4.74 Å². The van der Waals surface area contributed by atoms with Crippen LogP contribution in [0.3, 0.4) is 0 Å². The van der Waals surface area contributed by atoms with Crippen molar-refractivity contribution < 1.29 is 14.4 Å². The van der Waals surface area contributed by atoms with Gasteiger partial charge in [-0.05, 0) is 6.07 Å². The van der Waals surface area contributed by atoms with Gasteiger partial charge in [0.15, 0.2) is 0 Å². The second kappa shape index (κ2) is 3.67. The van der Waals surface area contributed by atoms with E-state index in [2.05, 4.69) is 10.3 Å². The molecular weight excluding hydrogens is 182 g/mol. The van der Waals surface area contributed by atoms with Gasteiger partial charge in [0.25, 0.3) is 5.91 Å². The van der Waals surface area contributed by atoms with Gasteiger partial charge in [-0.25, -0.2) is 5.48 Å². The molecule has 1 aliphatic heterocycles. The smallest absolute Gasteiger partial charge is 0.254 e. The maximum absolute atomic E-state index is 11.5. The van der Waals surface area contributed by atoms with Crippen molar-refractivity contribution in [1.82, 2.24) is 5.48 Å². The van der Waals surface area contributed by atoms with Crippen LogP contribution in [0.25, 0.3) is 0 Å². The molecule has 4 heteroatoms. The Labute approximate surface area is 81.8 Å². The molecule has 0 saturated carbocycles. The lowest BCUT2D eigenvalue weighted by atomic mass is 10.0. The van der Waals surface area contributed by atoms with Crippen LogP contribution >= 0.6 is 0 Å². The summed E-state index contributed by atoms with van der Waals surface area (Å²) in [7, 11) is 1.42. The van der Waals surface area contributed by atoms with Crippen molar-refractivity contribution in [3.05, 3.63) is 29.8 Å². The van der Waals surface area contributed by atoms with Crippen molar-refractivity contribution in [2.24, 2.45) is 0 Å². The van der Waals surface area contributed by atoms with Gasteiger partial charge >= 0.3 is 0 Å². The first kappa shape index (κ1) is 9.02. The minimum Gasteiger partial charge on any atom is -0.492 e. The van der Waals surface area contributed by atoms with Crippen LogP contribution in [0.4, 0.5) is 0 Å². The molecule has 1 aliphatic rings. The summed E-state index contributed by atoms with van der Waals surface area (Å²) in [5, 5.41) is 0. The van der Waals surface area contributed by atoms with Gasteiger partial charge in [0.05, 0.1) is 7.11 Å². The van der Waals surface area contributed by atoms with Crippen molar-refractivity contribution in [3.63, 3.8) is 0 Å². The fourth-order valence-corrected chi connectivity index (χ4v) is 1.55. The summed E-state index contributed by atoms with van der Waals surface area (Å²) >= 11 is 0. The summed E-state index contributed by atoms with van der Waals surface area (Å²) < 4.78 is 5.36. The highest BCUT2D eigenvalue weighted by atomic mass is 16.6. The summed E-state index contributed by atoms with van der Waals surface area (Å²) in [6, 6.07) is 7.52. The van der Waals surface area contributed by atoms with Crippen molar-refractivity contribution >= 4 is 5.91 Å². The Kier molecular flexibility index (Phi) is 2.37. The highest BCUT2D eigenvalue weighted by Gasteiger charge is 2.29. The van der Waals surface area contributed by atoms with Gasteiger partial charge in [-0.3, -0.25) is 9.63 Å². The molecule has 1 heterocycles. The number of carbonyl (C=O) groups excluding carboxylic acids is 1. The second-order valence-corrected chi connectivity index (χ2v) is 3.07. The number of hydroxylamine groups is 1. The van der Waals surface area contributed by atoms with Crippen molar-refractivity contribution in [2.75, 3.05) is 13.7 Å². The first-order valence-corrected chi connectivity index (χ1v) is 4.37. The number of fused-ring (bicyclic) bond motifs is 1. The van der Waals surface area contributed by atoms with Crippen LogP contribution in [-0.4, -0.2) is 19.6 Å². The van der Waals surface area contributed by atoms with Crippen LogP contribution in [0.5, 0.6) is 5.75 Å². The largest absolute Gasteiger partial charge is 0.492 e. The zero-order valence-corrected chi connectivity index (χ0v) is 7.82. The average molecular weight is 193 g/mol. The summed E-state index contributed by atoms with van der Waals surface area (Å²) in [4.78, 5) is 16.1. The van der Waals surface area contributed by atoms with Crippen LogP contribution in [0.1, 0.15) is 11.5 Å². The first-order chi connectivity index (χ1) is 6.83. The molecule has 14 heavy (non-hydrogen) atoms. The minimum absolute atomic E-state index is 0.169. The summed E-state index contributed by atoms with van der Waals surface area (Å²) in [5.74, 6) is 0.354. The Balaban J connectivity index is 2.21. The third kappa shape index (κ3) is 1.44. The second-order valence-electron chi connectivity index (χ2n) is 3.07. The Hall–Kier alpha value is -1.55. The number of para-hydroxylation sites is 1. The number of benzene rings is 1. The Morgan fingerprint density at radius 1 is 1.57 bits per heavy atom. The molecule has 0 bridgehead atoms. The van der Waals surface area contributed by atoms with Crippen molar-refractivity contribution in [2.45, 2.75) is 5.92 Å². The quantitative estimate of drug-likeness (QED) is 0.708. The number of ether oxygens (including phenoxy) is 1. The van der Waals surface area contributed by atoms with Crippen molar-refractivity contribution in [3.8, 4) is 5.75 Å². The van der Waals surface area contributed by atoms with E-state index < -0.39 is 0 Å². The van der Waals surface area contributed by atoms with E-state index >= 15 is 0 Å². The molecular formula is C10H11NO3. The maximum Gasteiger partial charge on any atom is 0.254 e. The molecule has 0 saturated heterocycles. The molecule has 0 fully saturated rings. The Morgan fingerprint density at radius 3 is 3.14 bits per heavy atom. The lowest BCUT2D eigenvalue weighted by Gasteiger charge is -2.07. The predicted octanol–water partition coefficient (Wildman–Crippen LogP) is 0.840. The molecule has 1 amide bonds. The molecule has 0 aliphatic carbocycles. The number of carbonyl (C=O) groups is 1. The lowest BCUT2D eigenvalue weighted by Crippen LogP contribution is -2.29. The van der Waals surface area contributed by atoms with E-state index in [1.54, 1.807) is 0 Å². The topological polar surface area (TPSA) is 47.6 Å². The molecule has 0 radical (unpaired) electrons. The molecule has 1 atom stereocenters. The SMILES string of the molecule is CONC(=O)C1COc2ccccc21. The summed E-state index contributed by atoms with van der Waals surface area (Å²) in [5.41, 5.74) is 3.23. The number of amides is 1. The van der Waals surface area contributed by atoms with Crippen LogP contribution in [-0.2, 0) is 9.63 Å². The molecule has 2 rings (SSSR count). The van der Waals surface area contributed by atoms with Gasteiger partial charge in [0.2, 0.25) is 0 Å². The normalized spacial score (nSPS) is 18.5. The average Bonchev–Trinajstić information content (AvgIpc) is 2.61. The molecule has 74 valence electrons. The zero-order chi connectivity index (χ0) is 9.97. The van der Waals surface area contributed by atoms with Gasteiger partial charge in [-0.1, -0.05) is 18.2 Å². The highest BCUT2D eigenvalue weighted by Crippen LogP contribution is 2.33. The molecule has 4 nitrogen and oxygen atoms in total. The monoisotopic (exact) mass is 193 g/mol. The molecule has 1 aromatic carbocycles. The Morgan fingerprint density at radius 2 is 2.36 bits per heavy atom. The van der Waals surface area contributed by atoms with Crippen LogP contribution < -0.4 is 10.2 Å². The standard InChI is InChI=1S/C10H11NO3/c1-13-11-10(12)8-6-14-9-5-3-2-4-7(8)9/h2-5,8H,6H2,1H3,(H,11,12). The van der Waals surface area contributed by atoms with E-state index in [9.17, 15) is 4.79 Å². The van der Waals surface area contributed by atoms with Gasteiger partial charge in [0, 0.05) is 5.56 Å². The van der Waals surface area contributed by atoms with Crippen molar-refractivity contribution in [1.29, 1.82) is 0 Å². The fourth-order valence-electron chi connectivity index (χ4n) is 1.55. The van der Waals surface area contributed by atoms with Crippen LogP contribution in [0, 0.1) is 0 Å². The van der Waals surface area contributed by atoms with Crippen LogP contribution in [0.2, 0.25) is 0 Å². The molecule has 0 spiro atoms. The molecule has 1 aromatic rings. The van der Waals surface area contributed by atoms with E-state index in [1.807, 2.05) is 24.3 Å². The fraction of sp³-hybridized carbons (Fsp3) is 0.300. The van der Waals surface area contributed by atoms with E-state index in [0.29, 0.717) is 6.61 Å². The molecule has 1 N–H and O–H groups in total. The zero-order valence-electron chi connectivity index (χ0n) is 7.82. The van der Waals surface area contributed by atoms with Gasteiger partial charge in [-0.15, -0.1) is 0 Å². The number of hydrogen-bond donors (Lipinski definition) is 1. The van der Waals surface area contributed by atoms with Gasteiger partial charge in [0.1, 0.15) is 18.3 Å². The summed E-state index contributed by atoms with van der Waals surface area (Å²) in [6.07, 6.45) is 0. The third-order valence-electron chi connectivity index (χ3n) is 2.22. The van der Waals surface area contributed by atoms with E-state index in [4.69, 9.17) is 4.74 Å². The van der Waals surface area contributed by atoms with E-state index in [1.165, 1.54) is 7.11 Å². The minimum atomic E-state index is -0.258. The summed E-state index contributed by atoms with van der Waals surface area (Å²) in [6.45, 7) is 0.383. The Bertz CT molecular complexity index is 351. The third-order valence-corrected chi connectivity index (χ3v) is 2.22. The predicted molar refractivity (Wildman–Crippen MR) is 49.8 cm³/mol. The van der Waals surface area contributed by atoms with Gasteiger partial charge in [-0.2, -0.15) is 0 Å². The number of rotatable bonds is 2. The maximum atomic E-state index is 11.5.